The first-order valence-electron chi connectivity index (χ1n) is 4.80. The summed E-state index contributed by atoms with van der Waals surface area (Å²) in [6, 6.07) is 0. The third-order valence-electron chi connectivity index (χ3n) is 2.96. The zero-order chi connectivity index (χ0) is 11.0. The van der Waals surface area contributed by atoms with Gasteiger partial charge in [0.15, 0.2) is 0 Å². The molecule has 2 atom stereocenters. The summed E-state index contributed by atoms with van der Waals surface area (Å²) in [5.74, 6) is -1.10. The predicted octanol–water partition coefficient (Wildman–Crippen LogP) is 1.18. The lowest BCUT2D eigenvalue weighted by atomic mass is 9.84. The first kappa shape index (κ1) is 9.96. The van der Waals surface area contributed by atoms with Gasteiger partial charge in [0.1, 0.15) is 6.26 Å². The quantitative estimate of drug-likeness (QED) is 0.479. The molecule has 4 nitrogen and oxygen atoms in total. The van der Waals surface area contributed by atoms with Crippen molar-refractivity contribution >= 4 is 11.9 Å². The van der Waals surface area contributed by atoms with Crippen LogP contribution in [0.25, 0.3) is 0 Å². The molecular formula is C11H12O4. The Morgan fingerprint density at radius 1 is 1.60 bits per heavy atom. The Hall–Kier alpha value is -1.58. The van der Waals surface area contributed by atoms with E-state index in [0.29, 0.717) is 12.0 Å². The zero-order valence-corrected chi connectivity index (χ0v) is 8.65. The second kappa shape index (κ2) is 3.53. The highest BCUT2D eigenvalue weighted by Crippen LogP contribution is 2.40. The van der Waals surface area contributed by atoms with Crippen LogP contribution in [-0.4, -0.2) is 19.0 Å². The molecule has 0 radical (unpaired) electrons. The van der Waals surface area contributed by atoms with Gasteiger partial charge in [-0.05, 0) is 13.3 Å². The summed E-state index contributed by atoms with van der Waals surface area (Å²) in [5, 5.41) is 0. The van der Waals surface area contributed by atoms with Crippen LogP contribution in [0.3, 0.4) is 0 Å². The van der Waals surface area contributed by atoms with Crippen LogP contribution < -0.4 is 0 Å². The van der Waals surface area contributed by atoms with Crippen molar-refractivity contribution in [3.05, 3.63) is 23.5 Å². The number of rotatable bonds is 1. The van der Waals surface area contributed by atoms with Gasteiger partial charge in [-0.3, -0.25) is 4.79 Å². The molecule has 15 heavy (non-hydrogen) atoms. The predicted molar refractivity (Wildman–Crippen MR) is 51.5 cm³/mol. The molecule has 1 heterocycles. The van der Waals surface area contributed by atoms with E-state index in [-0.39, 0.29) is 17.8 Å². The zero-order valence-electron chi connectivity index (χ0n) is 8.65. The highest BCUT2D eigenvalue weighted by atomic mass is 16.5. The number of carbonyl (C=O) groups excluding carboxylic acids is 2. The summed E-state index contributed by atoms with van der Waals surface area (Å²) in [6.45, 7) is 1.88. The normalized spacial score (nSPS) is 28.8. The Balaban J connectivity index is 2.31. The SMILES string of the molecule is COC(=O)C1=COC(=O)[C@@H]2C(C)=CC[C@H]12. The Morgan fingerprint density at radius 2 is 2.33 bits per heavy atom. The molecule has 0 aromatic carbocycles. The fourth-order valence-electron chi connectivity index (χ4n) is 2.15. The van der Waals surface area contributed by atoms with Crippen molar-refractivity contribution in [2.45, 2.75) is 13.3 Å². The highest BCUT2D eigenvalue weighted by Gasteiger charge is 2.42. The molecule has 0 spiro atoms. The molecule has 0 bridgehead atoms. The van der Waals surface area contributed by atoms with Crippen LogP contribution in [0, 0.1) is 11.8 Å². The number of allylic oxidation sites excluding steroid dienone is 1. The Kier molecular flexibility index (Phi) is 2.34. The lowest BCUT2D eigenvalue weighted by Crippen LogP contribution is -2.31. The molecule has 0 aromatic rings. The van der Waals surface area contributed by atoms with Gasteiger partial charge in [0.25, 0.3) is 0 Å². The van der Waals surface area contributed by atoms with E-state index in [1.54, 1.807) is 0 Å². The molecule has 0 saturated carbocycles. The number of carbonyl (C=O) groups is 2. The standard InChI is InChI=1S/C11H12O4/c1-6-3-4-7-8(10(12)14-2)5-15-11(13)9(6)7/h3,5,7,9H,4H2,1-2H3/t7-,9-/m1/s1. The minimum atomic E-state index is -0.416. The summed E-state index contributed by atoms with van der Waals surface area (Å²) in [7, 11) is 1.32. The van der Waals surface area contributed by atoms with E-state index in [4.69, 9.17) is 4.74 Å². The number of hydrogen-bond acceptors (Lipinski definition) is 4. The monoisotopic (exact) mass is 208 g/mol. The summed E-state index contributed by atoms with van der Waals surface area (Å²) in [4.78, 5) is 22.9. The summed E-state index contributed by atoms with van der Waals surface area (Å²) in [5.41, 5.74) is 1.43. The third kappa shape index (κ3) is 1.46. The second-order valence-electron chi connectivity index (χ2n) is 3.77. The maximum Gasteiger partial charge on any atom is 0.337 e. The Morgan fingerprint density at radius 3 is 3.00 bits per heavy atom. The van der Waals surface area contributed by atoms with E-state index in [9.17, 15) is 9.59 Å². The van der Waals surface area contributed by atoms with Gasteiger partial charge in [-0.2, -0.15) is 0 Å². The Bertz CT molecular complexity index is 378. The van der Waals surface area contributed by atoms with E-state index >= 15 is 0 Å². The van der Waals surface area contributed by atoms with Crippen molar-refractivity contribution < 1.29 is 19.1 Å². The summed E-state index contributed by atoms with van der Waals surface area (Å²) in [6.07, 6.45) is 3.90. The van der Waals surface area contributed by atoms with Gasteiger partial charge in [-0.1, -0.05) is 11.6 Å². The molecule has 80 valence electrons. The lowest BCUT2D eigenvalue weighted by molar-refractivity contribution is -0.146. The van der Waals surface area contributed by atoms with E-state index in [0.717, 1.165) is 5.57 Å². The maximum absolute atomic E-state index is 11.5. The summed E-state index contributed by atoms with van der Waals surface area (Å²) < 4.78 is 9.50. The number of ether oxygens (including phenoxy) is 2. The van der Waals surface area contributed by atoms with Crippen LogP contribution in [-0.2, 0) is 19.1 Å². The molecule has 0 amide bonds. The molecule has 0 saturated heterocycles. The molecule has 1 aliphatic heterocycles. The van der Waals surface area contributed by atoms with Crippen molar-refractivity contribution in [1.82, 2.24) is 0 Å². The minimum absolute atomic E-state index is 0.0984. The molecule has 2 aliphatic rings. The van der Waals surface area contributed by atoms with Crippen molar-refractivity contribution in [1.29, 1.82) is 0 Å². The van der Waals surface area contributed by atoms with Gasteiger partial charge in [0, 0.05) is 5.92 Å². The van der Waals surface area contributed by atoms with Gasteiger partial charge in [0.05, 0.1) is 18.6 Å². The van der Waals surface area contributed by atoms with E-state index in [1.165, 1.54) is 13.4 Å². The van der Waals surface area contributed by atoms with Gasteiger partial charge in [0.2, 0.25) is 0 Å². The fourth-order valence-corrected chi connectivity index (χ4v) is 2.15. The van der Waals surface area contributed by atoms with Crippen molar-refractivity contribution in [3.63, 3.8) is 0 Å². The molecule has 4 heteroatoms. The first-order valence-corrected chi connectivity index (χ1v) is 4.80. The van der Waals surface area contributed by atoms with Gasteiger partial charge in [-0.15, -0.1) is 0 Å². The Labute approximate surface area is 87.5 Å². The van der Waals surface area contributed by atoms with Crippen LogP contribution in [0.2, 0.25) is 0 Å². The smallest absolute Gasteiger partial charge is 0.337 e. The maximum atomic E-state index is 11.5. The van der Waals surface area contributed by atoms with Crippen LogP contribution >= 0.6 is 0 Å². The van der Waals surface area contributed by atoms with Crippen molar-refractivity contribution in [3.8, 4) is 0 Å². The van der Waals surface area contributed by atoms with E-state index in [2.05, 4.69) is 4.74 Å². The van der Waals surface area contributed by atoms with Gasteiger partial charge in [-0.25, -0.2) is 4.79 Å². The van der Waals surface area contributed by atoms with Crippen molar-refractivity contribution in [2.24, 2.45) is 11.8 Å². The topological polar surface area (TPSA) is 52.6 Å². The lowest BCUT2D eigenvalue weighted by Gasteiger charge is -2.24. The van der Waals surface area contributed by atoms with Crippen LogP contribution in [0.15, 0.2) is 23.5 Å². The molecule has 1 aliphatic carbocycles. The van der Waals surface area contributed by atoms with Gasteiger partial charge < -0.3 is 9.47 Å². The average Bonchev–Trinajstić information content (AvgIpc) is 2.61. The average molecular weight is 208 g/mol. The molecule has 0 fully saturated rings. The minimum Gasteiger partial charge on any atom is -0.466 e. The second-order valence-corrected chi connectivity index (χ2v) is 3.77. The fraction of sp³-hybridized carbons (Fsp3) is 0.455. The molecule has 0 N–H and O–H groups in total. The molecule has 0 aromatic heterocycles. The number of cyclic esters (lactones) is 1. The number of methoxy groups -OCH3 is 1. The van der Waals surface area contributed by atoms with Crippen LogP contribution in [0.1, 0.15) is 13.3 Å². The third-order valence-corrected chi connectivity index (χ3v) is 2.96. The summed E-state index contributed by atoms with van der Waals surface area (Å²) >= 11 is 0. The van der Waals surface area contributed by atoms with Crippen molar-refractivity contribution in [2.75, 3.05) is 7.11 Å². The highest BCUT2D eigenvalue weighted by molar-refractivity contribution is 5.93. The van der Waals surface area contributed by atoms with E-state index < -0.39 is 5.97 Å². The number of hydrogen-bond donors (Lipinski definition) is 0. The van der Waals surface area contributed by atoms with Crippen LogP contribution in [0.4, 0.5) is 0 Å². The van der Waals surface area contributed by atoms with Gasteiger partial charge >= 0.3 is 11.9 Å². The molecule has 0 unspecified atom stereocenters. The number of fused-ring (bicyclic) bond motifs is 1. The van der Waals surface area contributed by atoms with E-state index in [1.807, 2.05) is 13.0 Å². The largest absolute Gasteiger partial charge is 0.466 e. The van der Waals surface area contributed by atoms with Crippen LogP contribution in [0.5, 0.6) is 0 Å². The molecular weight excluding hydrogens is 196 g/mol. The molecule has 2 rings (SSSR count). The number of esters is 2. The first-order chi connectivity index (χ1) is 7.15.